The zero-order chi connectivity index (χ0) is 9.69. The van der Waals surface area contributed by atoms with E-state index in [1.54, 1.807) is 12.1 Å². The molecule has 0 spiro atoms. The number of benzene rings is 1. The molecule has 1 fully saturated rings. The molecule has 0 amide bonds. The molecule has 13 heavy (non-hydrogen) atoms. The Morgan fingerprint density at radius 1 is 1.23 bits per heavy atom. The first kappa shape index (κ1) is 9.29. The smallest absolute Gasteiger partial charge is 0.128 e. The predicted molar refractivity (Wildman–Crippen MR) is 52.8 cm³/mol. The molecule has 1 atom stereocenters. The fraction of sp³-hybridized carbons (Fsp3) is 0.400. The Bertz CT molecular complexity index is 331. The van der Waals surface area contributed by atoms with Crippen LogP contribution in [0.15, 0.2) is 24.3 Å². The SMILES string of the molecule is CC1(c2ccc(F)cc2)CC1(Cl)Cl. The summed E-state index contributed by atoms with van der Waals surface area (Å²) in [4.78, 5) is 0. The van der Waals surface area contributed by atoms with Crippen molar-refractivity contribution in [2.45, 2.75) is 23.1 Å². The lowest BCUT2D eigenvalue weighted by Crippen LogP contribution is -2.09. The van der Waals surface area contributed by atoms with Gasteiger partial charge in [0.25, 0.3) is 0 Å². The summed E-state index contributed by atoms with van der Waals surface area (Å²) < 4.78 is 11.9. The van der Waals surface area contributed by atoms with Gasteiger partial charge in [-0.3, -0.25) is 0 Å². The van der Waals surface area contributed by atoms with Gasteiger partial charge in [-0.1, -0.05) is 19.1 Å². The van der Waals surface area contributed by atoms with Crippen LogP contribution in [-0.2, 0) is 5.41 Å². The molecule has 0 heterocycles. The summed E-state index contributed by atoms with van der Waals surface area (Å²) >= 11 is 12.0. The van der Waals surface area contributed by atoms with Gasteiger partial charge in [0.15, 0.2) is 0 Å². The molecule has 0 radical (unpaired) electrons. The molecule has 0 aliphatic heterocycles. The van der Waals surface area contributed by atoms with E-state index in [2.05, 4.69) is 0 Å². The van der Waals surface area contributed by atoms with Crippen molar-refractivity contribution in [2.24, 2.45) is 0 Å². The molecule has 3 heteroatoms. The monoisotopic (exact) mass is 218 g/mol. The molecule has 1 saturated carbocycles. The van der Waals surface area contributed by atoms with E-state index < -0.39 is 4.33 Å². The van der Waals surface area contributed by atoms with E-state index in [-0.39, 0.29) is 11.2 Å². The summed E-state index contributed by atoms with van der Waals surface area (Å²) in [6.07, 6.45) is 0.731. The highest BCUT2D eigenvalue weighted by atomic mass is 35.5. The number of halogens is 3. The van der Waals surface area contributed by atoms with Gasteiger partial charge < -0.3 is 0 Å². The first-order chi connectivity index (χ1) is 5.96. The van der Waals surface area contributed by atoms with E-state index in [4.69, 9.17) is 23.2 Å². The summed E-state index contributed by atoms with van der Waals surface area (Å²) in [6.45, 7) is 1.99. The van der Waals surface area contributed by atoms with E-state index in [9.17, 15) is 4.39 Å². The highest BCUT2D eigenvalue weighted by Crippen LogP contribution is 2.64. The Morgan fingerprint density at radius 2 is 1.69 bits per heavy atom. The van der Waals surface area contributed by atoms with Gasteiger partial charge in [0.2, 0.25) is 0 Å². The highest BCUT2D eigenvalue weighted by Gasteiger charge is 2.63. The van der Waals surface area contributed by atoms with Crippen molar-refractivity contribution in [2.75, 3.05) is 0 Å². The van der Waals surface area contributed by atoms with Crippen molar-refractivity contribution >= 4 is 23.2 Å². The Kier molecular flexibility index (Phi) is 1.87. The second-order valence-electron chi connectivity index (χ2n) is 3.72. The van der Waals surface area contributed by atoms with Crippen molar-refractivity contribution in [3.8, 4) is 0 Å². The van der Waals surface area contributed by atoms with Crippen LogP contribution in [0.4, 0.5) is 4.39 Å². The molecule has 0 saturated heterocycles. The van der Waals surface area contributed by atoms with E-state index in [1.807, 2.05) is 6.92 Å². The highest BCUT2D eigenvalue weighted by molar-refractivity contribution is 6.52. The van der Waals surface area contributed by atoms with Crippen molar-refractivity contribution in [1.29, 1.82) is 0 Å². The fourth-order valence-corrected chi connectivity index (χ4v) is 2.28. The van der Waals surface area contributed by atoms with Crippen LogP contribution in [0.3, 0.4) is 0 Å². The topological polar surface area (TPSA) is 0 Å². The largest absolute Gasteiger partial charge is 0.207 e. The van der Waals surface area contributed by atoms with Gasteiger partial charge in [-0.05, 0) is 24.1 Å². The summed E-state index contributed by atoms with van der Waals surface area (Å²) in [7, 11) is 0. The Balaban J connectivity index is 2.34. The molecular formula is C10H9Cl2F. The Morgan fingerprint density at radius 3 is 2.08 bits per heavy atom. The number of hydrogen-bond donors (Lipinski definition) is 0. The van der Waals surface area contributed by atoms with Gasteiger partial charge in [-0.15, -0.1) is 23.2 Å². The minimum Gasteiger partial charge on any atom is -0.207 e. The van der Waals surface area contributed by atoms with E-state index in [0.717, 1.165) is 12.0 Å². The number of alkyl halides is 2. The Hall–Kier alpha value is -0.270. The molecule has 1 aromatic carbocycles. The van der Waals surface area contributed by atoms with Crippen molar-refractivity contribution in [3.05, 3.63) is 35.6 Å². The molecular weight excluding hydrogens is 210 g/mol. The van der Waals surface area contributed by atoms with Gasteiger partial charge >= 0.3 is 0 Å². The molecule has 0 N–H and O–H groups in total. The zero-order valence-electron chi connectivity index (χ0n) is 7.15. The summed E-state index contributed by atoms with van der Waals surface area (Å²) in [6, 6.07) is 6.34. The fourth-order valence-electron chi connectivity index (χ4n) is 1.53. The Labute approximate surface area is 86.7 Å². The van der Waals surface area contributed by atoms with E-state index in [0.29, 0.717) is 0 Å². The van der Waals surface area contributed by atoms with Crippen molar-refractivity contribution < 1.29 is 4.39 Å². The third-order valence-corrected chi connectivity index (χ3v) is 3.84. The van der Waals surface area contributed by atoms with Crippen LogP contribution in [0, 0.1) is 5.82 Å². The van der Waals surface area contributed by atoms with Crippen molar-refractivity contribution in [3.63, 3.8) is 0 Å². The minimum absolute atomic E-state index is 0.205. The van der Waals surface area contributed by atoms with Crippen LogP contribution >= 0.6 is 23.2 Å². The maximum Gasteiger partial charge on any atom is 0.128 e. The molecule has 0 nitrogen and oxygen atoms in total. The van der Waals surface area contributed by atoms with Gasteiger partial charge in [0.05, 0.1) is 0 Å². The van der Waals surface area contributed by atoms with Crippen LogP contribution in [0.5, 0.6) is 0 Å². The maximum absolute atomic E-state index is 12.6. The van der Waals surface area contributed by atoms with E-state index in [1.165, 1.54) is 12.1 Å². The molecule has 1 aliphatic carbocycles. The lowest BCUT2D eigenvalue weighted by molar-refractivity contribution is 0.625. The maximum atomic E-state index is 12.6. The summed E-state index contributed by atoms with van der Waals surface area (Å²) in [5.74, 6) is -0.234. The quantitative estimate of drug-likeness (QED) is 0.632. The lowest BCUT2D eigenvalue weighted by Gasteiger charge is -2.11. The van der Waals surface area contributed by atoms with Crippen LogP contribution in [0.1, 0.15) is 18.9 Å². The lowest BCUT2D eigenvalue weighted by atomic mass is 9.98. The normalized spacial score (nSPS) is 30.2. The second-order valence-corrected chi connectivity index (χ2v) is 5.20. The molecule has 1 aromatic rings. The minimum atomic E-state index is -0.676. The number of rotatable bonds is 1. The van der Waals surface area contributed by atoms with Crippen LogP contribution in [0.25, 0.3) is 0 Å². The third kappa shape index (κ3) is 1.35. The van der Waals surface area contributed by atoms with Gasteiger partial charge in [0.1, 0.15) is 10.2 Å². The molecule has 0 aromatic heterocycles. The summed E-state index contributed by atoms with van der Waals surface area (Å²) in [5, 5.41) is 0. The van der Waals surface area contributed by atoms with Crippen LogP contribution in [-0.4, -0.2) is 4.33 Å². The summed E-state index contributed by atoms with van der Waals surface area (Å²) in [5.41, 5.74) is 0.794. The van der Waals surface area contributed by atoms with Crippen LogP contribution in [0.2, 0.25) is 0 Å². The molecule has 1 unspecified atom stereocenters. The first-order valence-corrected chi connectivity index (χ1v) is 4.85. The second kappa shape index (κ2) is 2.61. The first-order valence-electron chi connectivity index (χ1n) is 4.10. The molecule has 2 rings (SSSR count). The average Bonchev–Trinajstić information content (AvgIpc) is 2.53. The number of hydrogen-bond acceptors (Lipinski definition) is 0. The van der Waals surface area contributed by atoms with Gasteiger partial charge in [0, 0.05) is 5.41 Å². The average molecular weight is 219 g/mol. The predicted octanol–water partition coefficient (Wildman–Crippen LogP) is 3.66. The standard InChI is InChI=1S/C10H9Cl2F/c1-9(6-10(9,11)12)7-2-4-8(13)5-3-7/h2-5H,6H2,1H3. The zero-order valence-corrected chi connectivity index (χ0v) is 8.66. The molecule has 1 aliphatic rings. The van der Waals surface area contributed by atoms with Gasteiger partial charge in [-0.25, -0.2) is 4.39 Å². The molecule has 70 valence electrons. The third-order valence-electron chi connectivity index (χ3n) is 2.74. The van der Waals surface area contributed by atoms with Gasteiger partial charge in [-0.2, -0.15) is 0 Å². The van der Waals surface area contributed by atoms with E-state index >= 15 is 0 Å². The van der Waals surface area contributed by atoms with Crippen molar-refractivity contribution in [1.82, 2.24) is 0 Å². The molecule has 0 bridgehead atoms. The van der Waals surface area contributed by atoms with Crippen LogP contribution < -0.4 is 0 Å².